The van der Waals surface area contributed by atoms with Gasteiger partial charge in [-0.1, -0.05) is 61.6 Å². The first-order valence-corrected chi connectivity index (χ1v) is 15.6. The normalized spacial score (nSPS) is 13.7. The van der Waals surface area contributed by atoms with Gasteiger partial charge in [-0.15, -0.1) is 12.4 Å². The highest BCUT2D eigenvalue weighted by Gasteiger charge is 2.29. The number of nitrogens with zero attached hydrogens (tertiary/aromatic N) is 4. The summed E-state index contributed by atoms with van der Waals surface area (Å²) in [5.74, 6) is -0.185. The van der Waals surface area contributed by atoms with Crippen molar-refractivity contribution in [3.8, 4) is 0 Å². The van der Waals surface area contributed by atoms with Crippen LogP contribution in [0.15, 0.2) is 71.6 Å². The van der Waals surface area contributed by atoms with E-state index in [1.54, 1.807) is 29.2 Å². The number of hydrogen-bond donors (Lipinski definition) is 0. The highest BCUT2D eigenvalue weighted by Crippen LogP contribution is 2.32. The van der Waals surface area contributed by atoms with E-state index in [1.165, 1.54) is 21.2 Å². The van der Waals surface area contributed by atoms with E-state index in [4.69, 9.17) is 4.98 Å². The van der Waals surface area contributed by atoms with Crippen molar-refractivity contribution in [2.24, 2.45) is 0 Å². The van der Waals surface area contributed by atoms with E-state index < -0.39 is 10.0 Å². The summed E-state index contributed by atoms with van der Waals surface area (Å²) >= 11 is 1.50. The summed E-state index contributed by atoms with van der Waals surface area (Å²) in [6.45, 7) is 10.0. The van der Waals surface area contributed by atoms with Gasteiger partial charge in [0.05, 0.1) is 15.1 Å². The fraction of sp³-hybridized carbons (Fsp3) is 0.333. The highest BCUT2D eigenvalue weighted by atomic mass is 35.5. The molecule has 4 aromatic rings. The van der Waals surface area contributed by atoms with E-state index in [-0.39, 0.29) is 23.2 Å². The minimum atomic E-state index is -3.68. The average molecular weight is 599 g/mol. The Morgan fingerprint density at radius 1 is 0.950 bits per heavy atom. The monoisotopic (exact) mass is 598 g/mol. The third-order valence-corrected chi connectivity index (χ3v) is 10.4. The van der Waals surface area contributed by atoms with Gasteiger partial charge < -0.3 is 4.90 Å². The summed E-state index contributed by atoms with van der Waals surface area (Å²) in [6, 6.07) is 20.3. The topological polar surface area (TPSA) is 73.8 Å². The lowest BCUT2D eigenvalue weighted by molar-refractivity contribution is 0.0983. The maximum absolute atomic E-state index is 13.8. The molecule has 1 aliphatic heterocycles. The Morgan fingerprint density at radius 2 is 1.65 bits per heavy atom. The van der Waals surface area contributed by atoms with Gasteiger partial charge in [-0.2, -0.15) is 4.31 Å². The number of thiazole rings is 1. The largest absolute Gasteiger partial charge is 0.302 e. The molecular weight excluding hydrogens is 564 g/mol. The standard InChI is InChI=1S/C30H34N4O3S2.ClH/c1-4-32(5-2)19-20-34(30-31-28-22(3)9-8-12-27(28)38-30)29(35)24-13-15-26(16-14-24)39(36,37)33-18-17-23-10-6-7-11-25(23)21-33;/h6-16H,4-5,17-21H2,1-3H3;1H. The van der Waals surface area contributed by atoms with Crippen LogP contribution in [0.1, 0.15) is 40.9 Å². The molecule has 212 valence electrons. The van der Waals surface area contributed by atoms with E-state index in [0.29, 0.717) is 36.8 Å². The van der Waals surface area contributed by atoms with Gasteiger partial charge in [-0.25, -0.2) is 13.4 Å². The summed E-state index contributed by atoms with van der Waals surface area (Å²) < 4.78 is 29.4. The third-order valence-electron chi connectivity index (χ3n) is 7.45. The van der Waals surface area contributed by atoms with Gasteiger partial charge in [-0.05, 0) is 73.5 Å². The number of aromatic nitrogens is 1. The van der Waals surface area contributed by atoms with Crippen LogP contribution in [0.25, 0.3) is 10.2 Å². The molecule has 1 aliphatic rings. The summed E-state index contributed by atoms with van der Waals surface area (Å²) in [5, 5.41) is 0.653. The van der Waals surface area contributed by atoms with Crippen molar-refractivity contribution in [3.63, 3.8) is 0 Å². The number of benzene rings is 3. The predicted molar refractivity (Wildman–Crippen MR) is 165 cm³/mol. The van der Waals surface area contributed by atoms with Gasteiger partial charge in [0.25, 0.3) is 5.91 Å². The van der Waals surface area contributed by atoms with Crippen LogP contribution < -0.4 is 4.90 Å². The molecule has 0 unspecified atom stereocenters. The van der Waals surface area contributed by atoms with Gasteiger partial charge in [0.1, 0.15) is 0 Å². The zero-order chi connectivity index (χ0) is 27.6. The number of amides is 1. The molecule has 0 radical (unpaired) electrons. The summed E-state index contributed by atoms with van der Waals surface area (Å²) in [7, 11) is -3.68. The van der Waals surface area contributed by atoms with Crippen LogP contribution in [0.4, 0.5) is 5.13 Å². The Morgan fingerprint density at radius 3 is 2.33 bits per heavy atom. The van der Waals surface area contributed by atoms with Crippen molar-refractivity contribution in [2.75, 3.05) is 37.6 Å². The van der Waals surface area contributed by atoms with Crippen LogP contribution in [-0.2, 0) is 23.0 Å². The second kappa shape index (κ2) is 12.8. The van der Waals surface area contributed by atoms with Gasteiger partial charge in [-0.3, -0.25) is 9.69 Å². The van der Waals surface area contributed by atoms with Crippen LogP contribution >= 0.6 is 23.7 Å². The summed E-state index contributed by atoms with van der Waals surface area (Å²) in [5.41, 5.74) is 4.64. The molecule has 0 spiro atoms. The zero-order valence-corrected chi connectivity index (χ0v) is 25.5. The maximum atomic E-state index is 13.8. The van der Waals surface area contributed by atoms with E-state index in [1.807, 2.05) is 43.3 Å². The Kier molecular flexibility index (Phi) is 9.64. The number of sulfonamides is 1. The van der Waals surface area contributed by atoms with Gasteiger partial charge in [0.15, 0.2) is 5.13 Å². The molecule has 40 heavy (non-hydrogen) atoms. The molecule has 1 amide bonds. The fourth-order valence-electron chi connectivity index (χ4n) is 5.00. The van der Waals surface area contributed by atoms with E-state index in [0.717, 1.165) is 41.0 Å². The van der Waals surface area contributed by atoms with Crippen molar-refractivity contribution in [2.45, 2.75) is 38.6 Å². The quantitative estimate of drug-likeness (QED) is 0.245. The minimum absolute atomic E-state index is 0. The molecule has 0 aliphatic carbocycles. The molecule has 0 N–H and O–H groups in total. The van der Waals surface area contributed by atoms with Crippen molar-refractivity contribution < 1.29 is 13.2 Å². The molecule has 0 saturated heterocycles. The number of carbonyl (C=O) groups is 1. The Labute approximate surface area is 246 Å². The molecule has 0 saturated carbocycles. The number of hydrogen-bond acceptors (Lipinski definition) is 6. The molecule has 3 aromatic carbocycles. The van der Waals surface area contributed by atoms with Crippen LogP contribution in [0.5, 0.6) is 0 Å². The van der Waals surface area contributed by atoms with Crippen LogP contribution in [-0.4, -0.2) is 61.2 Å². The van der Waals surface area contributed by atoms with Gasteiger partial charge in [0, 0.05) is 31.7 Å². The van der Waals surface area contributed by atoms with E-state index in [2.05, 4.69) is 24.8 Å². The second-order valence-corrected chi connectivity index (χ2v) is 12.7. The zero-order valence-electron chi connectivity index (χ0n) is 23.0. The number of fused-ring (bicyclic) bond motifs is 2. The first kappa shape index (κ1) is 30.1. The number of likely N-dealkylation sites (N-methyl/N-ethyl adjacent to an activating group) is 1. The number of anilines is 1. The number of para-hydroxylation sites is 1. The number of carbonyl (C=O) groups excluding carboxylic acids is 1. The van der Waals surface area contributed by atoms with Crippen molar-refractivity contribution in [1.82, 2.24) is 14.2 Å². The third kappa shape index (κ3) is 6.09. The number of rotatable bonds is 9. The SMILES string of the molecule is CCN(CC)CCN(C(=O)c1ccc(S(=O)(=O)N2CCc3ccccc3C2)cc1)c1nc2c(C)cccc2s1.Cl. The predicted octanol–water partition coefficient (Wildman–Crippen LogP) is 5.76. The van der Waals surface area contributed by atoms with Crippen molar-refractivity contribution >= 4 is 55.0 Å². The first-order chi connectivity index (χ1) is 18.8. The summed E-state index contributed by atoms with van der Waals surface area (Å²) in [6.07, 6.45) is 0.690. The van der Waals surface area contributed by atoms with E-state index in [9.17, 15) is 13.2 Å². The Hall–Kier alpha value is -2.82. The highest BCUT2D eigenvalue weighted by molar-refractivity contribution is 7.89. The molecule has 0 fully saturated rings. The lowest BCUT2D eigenvalue weighted by atomic mass is 10.0. The molecule has 10 heteroatoms. The van der Waals surface area contributed by atoms with Crippen LogP contribution in [0.2, 0.25) is 0 Å². The number of aryl methyl sites for hydroxylation is 1. The van der Waals surface area contributed by atoms with Crippen LogP contribution in [0.3, 0.4) is 0 Å². The molecule has 1 aromatic heterocycles. The molecular formula is C30H35ClN4O3S2. The molecule has 2 heterocycles. The van der Waals surface area contributed by atoms with E-state index >= 15 is 0 Å². The first-order valence-electron chi connectivity index (χ1n) is 13.4. The Bertz CT molecular complexity index is 1580. The molecule has 0 bridgehead atoms. The lowest BCUT2D eigenvalue weighted by Crippen LogP contribution is -2.39. The average Bonchev–Trinajstić information content (AvgIpc) is 3.40. The minimum Gasteiger partial charge on any atom is -0.302 e. The molecule has 5 rings (SSSR count). The van der Waals surface area contributed by atoms with Crippen molar-refractivity contribution in [3.05, 3.63) is 89.0 Å². The lowest BCUT2D eigenvalue weighted by Gasteiger charge is -2.28. The summed E-state index contributed by atoms with van der Waals surface area (Å²) in [4.78, 5) is 22.8. The second-order valence-electron chi connectivity index (χ2n) is 9.78. The molecule has 7 nitrogen and oxygen atoms in total. The Balaban J connectivity index is 0.00000370. The van der Waals surface area contributed by atoms with Crippen LogP contribution in [0, 0.1) is 6.92 Å². The fourth-order valence-corrected chi connectivity index (χ4v) is 7.49. The number of halogens is 1. The van der Waals surface area contributed by atoms with Crippen molar-refractivity contribution in [1.29, 1.82) is 0 Å². The maximum Gasteiger partial charge on any atom is 0.260 e. The molecule has 0 atom stereocenters. The van der Waals surface area contributed by atoms with Gasteiger partial charge >= 0.3 is 0 Å². The smallest absolute Gasteiger partial charge is 0.260 e. The van der Waals surface area contributed by atoms with Gasteiger partial charge in [0.2, 0.25) is 10.0 Å².